The second-order valence-electron chi connectivity index (χ2n) is 6.63. The van der Waals surface area contributed by atoms with Crippen molar-refractivity contribution in [3.8, 4) is 0 Å². The quantitative estimate of drug-likeness (QED) is 0.408. The first-order valence-corrected chi connectivity index (χ1v) is 8.26. The molecule has 0 spiro atoms. The summed E-state index contributed by atoms with van der Waals surface area (Å²) < 4.78 is 5.31. The van der Waals surface area contributed by atoms with Crippen molar-refractivity contribution in [1.82, 2.24) is 0 Å². The fraction of sp³-hybridized carbons (Fsp3) is 0.632. The maximum atomic E-state index is 12.1. The van der Waals surface area contributed by atoms with Crippen LogP contribution in [0.2, 0.25) is 0 Å². The molecule has 2 rings (SSSR count). The van der Waals surface area contributed by atoms with E-state index in [1.807, 2.05) is 0 Å². The molecule has 0 saturated heterocycles. The maximum absolute atomic E-state index is 12.1. The van der Waals surface area contributed by atoms with Crippen molar-refractivity contribution in [3.63, 3.8) is 0 Å². The summed E-state index contributed by atoms with van der Waals surface area (Å²) in [7, 11) is 0. The zero-order chi connectivity index (χ0) is 15.2. The third-order valence-electron chi connectivity index (χ3n) is 4.52. The molecule has 0 aromatic carbocycles. The number of rotatable bonds is 4. The average Bonchev–Trinajstić information content (AvgIpc) is 2.81. The Morgan fingerprint density at radius 3 is 2.95 bits per heavy atom. The maximum Gasteiger partial charge on any atom is 0.334 e. The molecule has 2 aliphatic rings. The zero-order valence-electron chi connectivity index (χ0n) is 13.7. The van der Waals surface area contributed by atoms with Crippen LogP contribution in [-0.4, -0.2) is 12.6 Å². The molecule has 1 heterocycles. The number of cyclic esters (lactones) is 1. The van der Waals surface area contributed by atoms with E-state index in [9.17, 15) is 4.79 Å². The van der Waals surface area contributed by atoms with Gasteiger partial charge >= 0.3 is 5.97 Å². The van der Waals surface area contributed by atoms with Crippen LogP contribution in [0.4, 0.5) is 0 Å². The lowest BCUT2D eigenvalue weighted by Crippen LogP contribution is -2.12. The lowest BCUT2D eigenvalue weighted by atomic mass is 9.86. The van der Waals surface area contributed by atoms with Gasteiger partial charge in [0.1, 0.15) is 6.61 Å². The fourth-order valence-corrected chi connectivity index (χ4v) is 3.30. The van der Waals surface area contributed by atoms with E-state index in [0.717, 1.165) is 50.5 Å². The van der Waals surface area contributed by atoms with Crippen LogP contribution in [0.1, 0.15) is 65.7 Å². The van der Waals surface area contributed by atoms with Gasteiger partial charge in [-0.15, -0.1) is 0 Å². The summed E-state index contributed by atoms with van der Waals surface area (Å²) in [6.45, 7) is 7.03. The van der Waals surface area contributed by atoms with Crippen LogP contribution in [0.15, 0.2) is 34.4 Å². The first kappa shape index (κ1) is 16.1. The Morgan fingerprint density at radius 1 is 1.38 bits per heavy atom. The summed E-state index contributed by atoms with van der Waals surface area (Å²) in [5.41, 5.74) is 5.13. The van der Waals surface area contributed by atoms with E-state index in [-0.39, 0.29) is 5.97 Å². The molecule has 1 atom stereocenters. The Bertz CT molecular complexity index is 476. The van der Waals surface area contributed by atoms with Crippen LogP contribution < -0.4 is 0 Å². The van der Waals surface area contributed by atoms with Crippen molar-refractivity contribution >= 4 is 5.97 Å². The van der Waals surface area contributed by atoms with Crippen LogP contribution in [0.3, 0.4) is 0 Å². The summed E-state index contributed by atoms with van der Waals surface area (Å²) in [5, 5.41) is 0. The number of ether oxygens (including phenoxy) is 1. The predicted molar refractivity (Wildman–Crippen MR) is 87.0 cm³/mol. The van der Waals surface area contributed by atoms with Gasteiger partial charge in [-0.2, -0.15) is 0 Å². The second-order valence-corrected chi connectivity index (χ2v) is 6.63. The van der Waals surface area contributed by atoms with E-state index in [1.54, 1.807) is 0 Å². The van der Waals surface area contributed by atoms with E-state index in [2.05, 4.69) is 32.9 Å². The van der Waals surface area contributed by atoms with Gasteiger partial charge in [-0.25, -0.2) is 4.79 Å². The van der Waals surface area contributed by atoms with E-state index in [0.29, 0.717) is 12.5 Å². The number of hydrogen-bond acceptors (Lipinski definition) is 2. The Labute approximate surface area is 129 Å². The highest BCUT2D eigenvalue weighted by Gasteiger charge is 2.30. The molecule has 2 nitrogen and oxygen atoms in total. The minimum Gasteiger partial charge on any atom is -0.458 e. The Morgan fingerprint density at radius 2 is 2.19 bits per heavy atom. The van der Waals surface area contributed by atoms with Gasteiger partial charge in [0.25, 0.3) is 0 Å². The molecule has 0 fully saturated rings. The molecule has 0 aromatic heterocycles. The van der Waals surface area contributed by atoms with Gasteiger partial charge in [0.2, 0.25) is 0 Å². The number of carbonyl (C=O) groups excluding carboxylic acids is 1. The molecule has 0 unspecified atom stereocenters. The van der Waals surface area contributed by atoms with E-state index < -0.39 is 0 Å². The third kappa shape index (κ3) is 4.59. The highest BCUT2D eigenvalue weighted by Crippen LogP contribution is 2.34. The standard InChI is InChI=1S/C19H28O2/c1-14(2)7-4-5-9-16-12-11-15(3)8-6-10-17-13-21-19(20)18(16)17/h7-8,16H,4-6,9-13H2,1-3H3/b15-8-/t16-/m0/s1. The van der Waals surface area contributed by atoms with Gasteiger partial charge in [-0.1, -0.05) is 23.3 Å². The second kappa shape index (κ2) is 7.63. The van der Waals surface area contributed by atoms with Crippen molar-refractivity contribution < 1.29 is 9.53 Å². The molecule has 0 bridgehead atoms. The van der Waals surface area contributed by atoms with Crippen LogP contribution in [0, 0.1) is 5.92 Å². The van der Waals surface area contributed by atoms with E-state index in [1.165, 1.54) is 16.7 Å². The van der Waals surface area contributed by atoms with Crippen molar-refractivity contribution in [2.75, 3.05) is 6.61 Å². The van der Waals surface area contributed by atoms with Gasteiger partial charge in [0.15, 0.2) is 0 Å². The minimum absolute atomic E-state index is 0.0447. The first-order chi connectivity index (χ1) is 10.1. The summed E-state index contributed by atoms with van der Waals surface area (Å²) in [5.74, 6) is 0.346. The van der Waals surface area contributed by atoms with Gasteiger partial charge < -0.3 is 4.74 Å². The topological polar surface area (TPSA) is 26.3 Å². The first-order valence-electron chi connectivity index (χ1n) is 8.26. The highest BCUT2D eigenvalue weighted by molar-refractivity contribution is 5.92. The van der Waals surface area contributed by atoms with Crippen LogP contribution >= 0.6 is 0 Å². The lowest BCUT2D eigenvalue weighted by molar-refractivity contribution is -0.136. The van der Waals surface area contributed by atoms with Gasteiger partial charge in [0.05, 0.1) is 0 Å². The summed E-state index contributed by atoms with van der Waals surface area (Å²) >= 11 is 0. The van der Waals surface area contributed by atoms with Crippen molar-refractivity contribution in [2.24, 2.45) is 5.92 Å². The number of hydrogen-bond donors (Lipinski definition) is 0. The van der Waals surface area contributed by atoms with Gasteiger partial charge in [0, 0.05) is 5.57 Å². The lowest BCUT2D eigenvalue weighted by Gasteiger charge is -2.17. The summed E-state index contributed by atoms with van der Waals surface area (Å²) in [6.07, 6.45) is 12.2. The minimum atomic E-state index is -0.0447. The highest BCUT2D eigenvalue weighted by atomic mass is 16.5. The van der Waals surface area contributed by atoms with Crippen molar-refractivity contribution in [1.29, 1.82) is 0 Å². The monoisotopic (exact) mass is 288 g/mol. The molecule has 0 radical (unpaired) electrons. The Hall–Kier alpha value is -1.31. The van der Waals surface area contributed by atoms with Gasteiger partial charge in [-0.3, -0.25) is 0 Å². The number of carbonyl (C=O) groups is 1. The largest absolute Gasteiger partial charge is 0.458 e. The number of unbranched alkanes of at least 4 members (excludes halogenated alkanes) is 1. The molecule has 1 aliphatic heterocycles. The third-order valence-corrected chi connectivity index (χ3v) is 4.52. The molecule has 0 N–H and O–H groups in total. The SMILES string of the molecule is CC(C)=CCCC[C@H]1CC/C(C)=C\CCC2=C1C(=O)OC2. The molecular weight excluding hydrogens is 260 g/mol. The van der Waals surface area contributed by atoms with Gasteiger partial charge in [-0.05, 0) is 77.2 Å². The molecule has 0 amide bonds. The Kier molecular flexibility index (Phi) is 5.84. The molecule has 2 heteroatoms. The zero-order valence-corrected chi connectivity index (χ0v) is 13.7. The normalized spacial score (nSPS) is 25.2. The summed E-state index contributed by atoms with van der Waals surface area (Å²) in [4.78, 5) is 12.1. The number of esters is 1. The molecule has 0 aromatic rings. The van der Waals surface area contributed by atoms with E-state index >= 15 is 0 Å². The fourth-order valence-electron chi connectivity index (χ4n) is 3.30. The smallest absolute Gasteiger partial charge is 0.334 e. The van der Waals surface area contributed by atoms with Crippen molar-refractivity contribution in [2.45, 2.75) is 65.7 Å². The predicted octanol–water partition coefficient (Wildman–Crippen LogP) is 5.11. The average molecular weight is 288 g/mol. The summed E-state index contributed by atoms with van der Waals surface area (Å²) in [6, 6.07) is 0. The molecule has 21 heavy (non-hydrogen) atoms. The Balaban J connectivity index is 2.07. The van der Waals surface area contributed by atoms with Crippen molar-refractivity contribution in [3.05, 3.63) is 34.4 Å². The molecule has 116 valence electrons. The van der Waals surface area contributed by atoms with Crippen LogP contribution in [-0.2, 0) is 9.53 Å². The van der Waals surface area contributed by atoms with Crippen LogP contribution in [0.25, 0.3) is 0 Å². The molecule has 1 aliphatic carbocycles. The molecule has 0 saturated carbocycles. The number of allylic oxidation sites excluding steroid dienone is 4. The molecular formula is C19H28O2. The van der Waals surface area contributed by atoms with E-state index in [4.69, 9.17) is 4.74 Å². The van der Waals surface area contributed by atoms with Crippen LogP contribution in [0.5, 0.6) is 0 Å².